The molecule has 0 amide bonds. The Morgan fingerprint density at radius 2 is 1.73 bits per heavy atom. The monoisotopic (exact) mass is 607 g/mol. The third-order valence-electron chi connectivity index (χ3n) is 8.12. The highest BCUT2D eigenvalue weighted by Gasteiger charge is 2.54. The van der Waals surface area contributed by atoms with Gasteiger partial charge in [0.1, 0.15) is 17.3 Å². The average molecular weight is 608 g/mol. The lowest BCUT2D eigenvalue weighted by molar-refractivity contribution is -0.133. The summed E-state index contributed by atoms with van der Waals surface area (Å²) in [4.78, 5) is 36.4. The predicted molar refractivity (Wildman–Crippen MR) is 172 cm³/mol. The maximum absolute atomic E-state index is 15.2. The summed E-state index contributed by atoms with van der Waals surface area (Å²) in [6.45, 7) is 5.88. The van der Waals surface area contributed by atoms with Crippen molar-refractivity contribution in [1.29, 1.82) is 0 Å². The quantitative estimate of drug-likeness (QED) is 0.109. The van der Waals surface area contributed by atoms with Gasteiger partial charge in [-0.15, -0.1) is 11.3 Å². The summed E-state index contributed by atoms with van der Waals surface area (Å²) in [6.07, 6.45) is 5.76. The number of pyridine rings is 2. The molecular weight excluding hydrogens is 573 g/mol. The molecular formula is C36H34FN3O3S. The minimum absolute atomic E-state index is 0.0844. The van der Waals surface area contributed by atoms with Gasteiger partial charge in [-0.2, -0.15) is 0 Å². The fourth-order valence-electron chi connectivity index (χ4n) is 5.31. The van der Waals surface area contributed by atoms with Crippen LogP contribution in [0, 0.1) is 18.2 Å². The molecule has 0 radical (unpaired) electrons. The summed E-state index contributed by atoms with van der Waals surface area (Å²) in [6, 6.07) is 20.1. The molecule has 1 fully saturated rings. The Morgan fingerprint density at radius 1 is 0.955 bits per heavy atom. The number of Topliss-reactive ketones (excluding diaryl/α,β-unsaturated/α-hetero) is 2. The maximum Gasteiger partial charge on any atom is 0.150 e. The zero-order valence-electron chi connectivity index (χ0n) is 24.9. The number of halogens is 1. The van der Waals surface area contributed by atoms with Crippen LogP contribution in [0.1, 0.15) is 48.4 Å². The van der Waals surface area contributed by atoms with E-state index in [2.05, 4.69) is 28.3 Å². The van der Waals surface area contributed by atoms with E-state index < -0.39 is 11.2 Å². The number of fused-ring (bicyclic) bond motifs is 1. The molecule has 0 unspecified atom stereocenters. The number of nitrogens with one attached hydrogen (secondary N) is 1. The van der Waals surface area contributed by atoms with E-state index in [9.17, 15) is 9.59 Å². The lowest BCUT2D eigenvalue weighted by Gasteiger charge is -2.14. The Hall–Kier alpha value is -4.27. The molecule has 0 aliphatic heterocycles. The number of hydrogen-bond acceptors (Lipinski definition) is 7. The molecule has 0 spiro atoms. The van der Waals surface area contributed by atoms with Crippen molar-refractivity contribution in [3.63, 3.8) is 0 Å². The van der Waals surface area contributed by atoms with Gasteiger partial charge in [0.25, 0.3) is 0 Å². The van der Waals surface area contributed by atoms with E-state index >= 15 is 4.39 Å². The van der Waals surface area contributed by atoms with Gasteiger partial charge in [-0.25, -0.2) is 4.39 Å². The number of nitrogens with zero attached hydrogens (tertiary/aromatic N) is 2. The standard InChI is InChI=1S/C36H34FN3O3S/c1-3-15-38-21-25-8-11-29(40-22-25)32-20-30-35(44-32)31(12-16-39-30)43-27-10-9-26(28(37)19-27)18-34(42)36(13-14-36)33(41)17-24-6-4-23(2)5-7-24/h4-12,16,19-20,22,38H,3,13-15,17-18,21H2,1-2H3. The molecule has 1 aliphatic carbocycles. The number of ether oxygens (including phenoxy) is 1. The van der Waals surface area contributed by atoms with Gasteiger partial charge in [0.15, 0.2) is 11.6 Å². The van der Waals surface area contributed by atoms with Crippen LogP contribution >= 0.6 is 11.3 Å². The molecule has 224 valence electrons. The van der Waals surface area contributed by atoms with Crippen LogP contribution in [-0.2, 0) is 29.0 Å². The highest BCUT2D eigenvalue weighted by molar-refractivity contribution is 7.22. The van der Waals surface area contributed by atoms with Gasteiger partial charge in [-0.1, -0.05) is 48.9 Å². The Labute approximate surface area is 260 Å². The first-order valence-electron chi connectivity index (χ1n) is 15.0. The molecule has 1 N–H and O–H groups in total. The Morgan fingerprint density at radius 3 is 2.43 bits per heavy atom. The van der Waals surface area contributed by atoms with Gasteiger partial charge in [0.05, 0.1) is 26.2 Å². The predicted octanol–water partition coefficient (Wildman–Crippen LogP) is 7.80. The lowest BCUT2D eigenvalue weighted by Crippen LogP contribution is -2.29. The number of hydrogen-bond donors (Lipinski definition) is 1. The van der Waals surface area contributed by atoms with Gasteiger partial charge in [-0.3, -0.25) is 19.6 Å². The molecule has 44 heavy (non-hydrogen) atoms. The number of aromatic nitrogens is 2. The van der Waals surface area contributed by atoms with Crippen molar-refractivity contribution in [2.45, 2.75) is 52.5 Å². The van der Waals surface area contributed by atoms with Crippen LogP contribution in [0.2, 0.25) is 0 Å². The lowest BCUT2D eigenvalue weighted by atomic mass is 9.87. The number of carbonyl (C=O) groups excluding carboxylic acids is 2. The zero-order valence-corrected chi connectivity index (χ0v) is 25.7. The topological polar surface area (TPSA) is 81.2 Å². The minimum Gasteiger partial charge on any atom is -0.456 e. The molecule has 6 rings (SSSR count). The van der Waals surface area contributed by atoms with Crippen molar-refractivity contribution < 1.29 is 18.7 Å². The van der Waals surface area contributed by atoms with Gasteiger partial charge in [0.2, 0.25) is 0 Å². The normalized spacial score (nSPS) is 13.6. The van der Waals surface area contributed by atoms with Crippen molar-refractivity contribution in [2.75, 3.05) is 6.54 Å². The fraction of sp³-hybridized carbons (Fsp3) is 0.278. The third kappa shape index (κ3) is 6.47. The molecule has 5 aromatic rings. The number of rotatable bonds is 13. The number of carbonyl (C=O) groups is 2. The molecule has 6 nitrogen and oxygen atoms in total. The number of ketones is 2. The van der Waals surface area contributed by atoms with Crippen molar-refractivity contribution >= 4 is 33.1 Å². The summed E-state index contributed by atoms with van der Waals surface area (Å²) < 4.78 is 22.2. The highest BCUT2D eigenvalue weighted by atomic mass is 32.1. The van der Waals surface area contributed by atoms with Crippen molar-refractivity contribution in [2.24, 2.45) is 5.41 Å². The van der Waals surface area contributed by atoms with Crippen LogP contribution in [-0.4, -0.2) is 28.1 Å². The van der Waals surface area contributed by atoms with Crippen LogP contribution in [0.15, 0.2) is 79.1 Å². The summed E-state index contributed by atoms with van der Waals surface area (Å²) in [5, 5.41) is 3.38. The summed E-state index contributed by atoms with van der Waals surface area (Å²) >= 11 is 1.52. The van der Waals surface area contributed by atoms with Crippen molar-refractivity contribution in [1.82, 2.24) is 15.3 Å². The van der Waals surface area contributed by atoms with E-state index in [1.54, 1.807) is 24.4 Å². The fourth-order valence-corrected chi connectivity index (χ4v) is 6.35. The maximum atomic E-state index is 15.2. The molecule has 1 saturated carbocycles. The van der Waals surface area contributed by atoms with Crippen LogP contribution in [0.4, 0.5) is 4.39 Å². The molecule has 3 aromatic heterocycles. The first-order valence-corrected chi connectivity index (χ1v) is 15.8. The van der Waals surface area contributed by atoms with E-state index in [0.29, 0.717) is 24.3 Å². The minimum atomic E-state index is -0.993. The second-order valence-corrected chi connectivity index (χ2v) is 12.5. The van der Waals surface area contributed by atoms with Crippen LogP contribution < -0.4 is 10.1 Å². The van der Waals surface area contributed by atoms with E-state index in [1.807, 2.05) is 49.5 Å². The van der Waals surface area contributed by atoms with Gasteiger partial charge in [0, 0.05) is 43.9 Å². The van der Waals surface area contributed by atoms with Crippen molar-refractivity contribution in [3.8, 4) is 22.1 Å². The number of aryl methyl sites for hydroxylation is 1. The van der Waals surface area contributed by atoms with Gasteiger partial charge >= 0.3 is 0 Å². The Balaban J connectivity index is 1.13. The first kappa shape index (κ1) is 29.8. The number of thiophene rings is 1. The van der Waals surface area contributed by atoms with Crippen LogP contribution in [0.3, 0.4) is 0 Å². The first-order chi connectivity index (χ1) is 21.3. The molecule has 3 heterocycles. The zero-order chi connectivity index (χ0) is 30.7. The van der Waals surface area contributed by atoms with E-state index in [-0.39, 0.29) is 30.0 Å². The Bertz CT molecular complexity index is 1810. The second kappa shape index (κ2) is 12.8. The largest absolute Gasteiger partial charge is 0.456 e. The third-order valence-corrected chi connectivity index (χ3v) is 9.28. The molecule has 8 heteroatoms. The van der Waals surface area contributed by atoms with E-state index in [0.717, 1.165) is 57.0 Å². The smallest absolute Gasteiger partial charge is 0.150 e. The van der Waals surface area contributed by atoms with Crippen molar-refractivity contribution in [3.05, 3.63) is 107 Å². The molecule has 1 aliphatic rings. The van der Waals surface area contributed by atoms with Crippen LogP contribution in [0.5, 0.6) is 11.5 Å². The van der Waals surface area contributed by atoms with Crippen LogP contribution in [0.25, 0.3) is 20.8 Å². The highest BCUT2D eigenvalue weighted by Crippen LogP contribution is 2.49. The summed E-state index contributed by atoms with van der Waals surface area (Å²) in [7, 11) is 0. The van der Waals surface area contributed by atoms with Gasteiger partial charge < -0.3 is 10.1 Å². The molecule has 2 aromatic carbocycles. The SMILES string of the molecule is CCCNCc1ccc(-c2cc3nccc(Oc4ccc(CC(=O)C5(C(=O)Cc6ccc(C)cc6)CC5)c(F)c4)c3s2)nc1. The molecule has 0 saturated heterocycles. The molecule has 0 atom stereocenters. The van der Waals surface area contributed by atoms with E-state index in [4.69, 9.17) is 4.74 Å². The summed E-state index contributed by atoms with van der Waals surface area (Å²) in [5.41, 5.74) is 4.01. The summed E-state index contributed by atoms with van der Waals surface area (Å²) in [5.74, 6) is 0.0441. The average Bonchev–Trinajstić information content (AvgIpc) is 3.73. The Kier molecular flexibility index (Phi) is 8.64. The second-order valence-electron chi connectivity index (χ2n) is 11.5. The van der Waals surface area contributed by atoms with Gasteiger partial charge in [-0.05, 0) is 67.6 Å². The van der Waals surface area contributed by atoms with E-state index in [1.165, 1.54) is 17.4 Å². The molecule has 0 bridgehead atoms. The number of benzene rings is 2.